The molecule has 9 rings (SSSR count). The van der Waals surface area contributed by atoms with Gasteiger partial charge < -0.3 is 0 Å². The first-order chi connectivity index (χ1) is 19.8. The molecular weight excluding hydrogens is 482 g/mol. The second-order valence-corrected chi connectivity index (χ2v) is 10.7. The molecular formula is C39H23N. The number of benzene rings is 8. The largest absolute Gasteiger partial charge is 0.247 e. The highest BCUT2D eigenvalue weighted by Crippen LogP contribution is 2.41. The summed E-state index contributed by atoms with van der Waals surface area (Å²) in [6.45, 7) is 0. The number of nitrogens with zero attached hydrogens (tertiary/aromatic N) is 1. The van der Waals surface area contributed by atoms with Gasteiger partial charge in [-0.05, 0) is 60.3 Å². The van der Waals surface area contributed by atoms with Gasteiger partial charge in [-0.2, -0.15) is 0 Å². The summed E-state index contributed by atoms with van der Waals surface area (Å²) in [5.41, 5.74) is 5.67. The highest BCUT2D eigenvalue weighted by molar-refractivity contribution is 6.26. The fourth-order valence-corrected chi connectivity index (χ4v) is 6.74. The van der Waals surface area contributed by atoms with E-state index in [0.717, 1.165) is 16.8 Å². The van der Waals surface area contributed by atoms with Gasteiger partial charge in [0.25, 0.3) is 0 Å². The fourth-order valence-electron chi connectivity index (χ4n) is 6.74. The third-order valence-electron chi connectivity index (χ3n) is 8.59. The van der Waals surface area contributed by atoms with Crippen LogP contribution in [0.15, 0.2) is 140 Å². The lowest BCUT2D eigenvalue weighted by atomic mass is 9.89. The van der Waals surface area contributed by atoms with Gasteiger partial charge in [0.05, 0.1) is 11.2 Å². The Kier molecular flexibility index (Phi) is 4.39. The third kappa shape index (κ3) is 3.00. The van der Waals surface area contributed by atoms with Crippen LogP contribution < -0.4 is 0 Å². The van der Waals surface area contributed by atoms with Crippen molar-refractivity contribution in [1.29, 1.82) is 0 Å². The van der Waals surface area contributed by atoms with Gasteiger partial charge in [-0.25, -0.2) is 4.98 Å². The Hall–Kier alpha value is -5.27. The number of para-hydroxylation sites is 1. The lowest BCUT2D eigenvalue weighted by molar-refractivity contribution is 1.43. The van der Waals surface area contributed by atoms with Crippen molar-refractivity contribution in [3.05, 3.63) is 140 Å². The molecule has 0 saturated carbocycles. The molecule has 1 heterocycles. The Morgan fingerprint density at radius 1 is 0.325 bits per heavy atom. The van der Waals surface area contributed by atoms with Crippen LogP contribution in [0.4, 0.5) is 0 Å². The summed E-state index contributed by atoms with van der Waals surface area (Å²) in [5, 5.41) is 14.1. The molecule has 1 heteroatoms. The maximum absolute atomic E-state index is 5.19. The molecule has 0 aliphatic heterocycles. The second-order valence-electron chi connectivity index (χ2n) is 10.7. The molecule has 0 aliphatic rings. The van der Waals surface area contributed by atoms with E-state index in [1.165, 1.54) is 70.4 Å². The molecule has 0 spiro atoms. The summed E-state index contributed by atoms with van der Waals surface area (Å²) >= 11 is 0. The standard InChI is InChI=1S/C39H23N/c1-2-9-31-24(6-1)18-23-34-38(31)33-10-3-4-11-35(33)40-39(34)29-16-12-25(13-17-29)30-21-19-28-15-14-26-7-5-8-27-20-22-32(30)37(28)36(26)27/h1-23H. The number of rotatable bonds is 2. The van der Waals surface area contributed by atoms with Crippen LogP contribution >= 0.6 is 0 Å². The average Bonchev–Trinajstić information content (AvgIpc) is 3.03. The molecule has 40 heavy (non-hydrogen) atoms. The van der Waals surface area contributed by atoms with Gasteiger partial charge in [-0.1, -0.05) is 133 Å². The minimum atomic E-state index is 1.03. The SMILES string of the molecule is c1ccc2c(c1)ccc1c(-c3ccc(-c4ccc5ccc6cccc7ccc4c5c67)cc3)nc3ccccc3c12. The summed E-state index contributed by atoms with van der Waals surface area (Å²) in [6, 6.07) is 50.7. The molecule has 0 saturated heterocycles. The van der Waals surface area contributed by atoms with Gasteiger partial charge in [0.2, 0.25) is 0 Å². The molecule has 9 aromatic rings. The van der Waals surface area contributed by atoms with Crippen molar-refractivity contribution in [3.8, 4) is 22.4 Å². The minimum Gasteiger partial charge on any atom is -0.247 e. The van der Waals surface area contributed by atoms with E-state index < -0.39 is 0 Å². The van der Waals surface area contributed by atoms with Crippen LogP contribution in [0.1, 0.15) is 0 Å². The molecule has 0 amide bonds. The maximum atomic E-state index is 5.19. The minimum absolute atomic E-state index is 1.03. The first-order valence-corrected chi connectivity index (χ1v) is 13.8. The smallest absolute Gasteiger partial charge is 0.0788 e. The molecule has 0 aliphatic carbocycles. The van der Waals surface area contributed by atoms with E-state index in [9.17, 15) is 0 Å². The predicted molar refractivity (Wildman–Crippen MR) is 171 cm³/mol. The highest BCUT2D eigenvalue weighted by atomic mass is 14.7. The van der Waals surface area contributed by atoms with E-state index in [1.807, 2.05) is 0 Å². The van der Waals surface area contributed by atoms with Crippen LogP contribution in [0, 0.1) is 0 Å². The number of hydrogen-bond donors (Lipinski definition) is 0. The molecule has 0 fully saturated rings. The Morgan fingerprint density at radius 2 is 0.925 bits per heavy atom. The van der Waals surface area contributed by atoms with Crippen LogP contribution in [0.2, 0.25) is 0 Å². The van der Waals surface area contributed by atoms with Crippen LogP contribution in [-0.2, 0) is 0 Å². The number of pyridine rings is 1. The van der Waals surface area contributed by atoms with Crippen LogP contribution in [0.3, 0.4) is 0 Å². The van der Waals surface area contributed by atoms with Gasteiger partial charge in [0, 0.05) is 21.7 Å². The topological polar surface area (TPSA) is 12.9 Å². The second kappa shape index (κ2) is 8.11. The normalized spacial score (nSPS) is 12.0. The Morgan fingerprint density at radius 3 is 1.77 bits per heavy atom. The van der Waals surface area contributed by atoms with Crippen molar-refractivity contribution in [1.82, 2.24) is 4.98 Å². The first kappa shape index (κ1) is 21.6. The van der Waals surface area contributed by atoms with Gasteiger partial charge in [-0.3, -0.25) is 0 Å². The molecule has 0 radical (unpaired) electrons. The highest BCUT2D eigenvalue weighted by Gasteiger charge is 2.15. The van der Waals surface area contributed by atoms with Gasteiger partial charge in [-0.15, -0.1) is 0 Å². The van der Waals surface area contributed by atoms with Crippen molar-refractivity contribution in [2.24, 2.45) is 0 Å². The molecule has 0 N–H and O–H groups in total. The Labute approximate surface area is 231 Å². The summed E-state index contributed by atoms with van der Waals surface area (Å²) in [5.74, 6) is 0. The zero-order valence-corrected chi connectivity index (χ0v) is 21.7. The lowest BCUT2D eigenvalue weighted by Crippen LogP contribution is -1.91. The zero-order chi connectivity index (χ0) is 26.2. The molecule has 184 valence electrons. The Bertz CT molecular complexity index is 2380. The van der Waals surface area contributed by atoms with Crippen molar-refractivity contribution in [3.63, 3.8) is 0 Å². The molecule has 0 atom stereocenters. The quantitative estimate of drug-likeness (QED) is 0.213. The van der Waals surface area contributed by atoms with E-state index in [0.29, 0.717) is 0 Å². The number of hydrogen-bond acceptors (Lipinski definition) is 1. The van der Waals surface area contributed by atoms with Crippen molar-refractivity contribution in [2.45, 2.75) is 0 Å². The van der Waals surface area contributed by atoms with Crippen LogP contribution in [0.25, 0.3) is 87.1 Å². The summed E-state index contributed by atoms with van der Waals surface area (Å²) < 4.78 is 0. The zero-order valence-electron chi connectivity index (χ0n) is 21.7. The summed E-state index contributed by atoms with van der Waals surface area (Å²) in [6.07, 6.45) is 0. The van der Waals surface area contributed by atoms with E-state index in [1.54, 1.807) is 0 Å². The lowest BCUT2D eigenvalue weighted by Gasteiger charge is -2.15. The fraction of sp³-hybridized carbons (Fsp3) is 0. The van der Waals surface area contributed by atoms with E-state index >= 15 is 0 Å². The predicted octanol–water partition coefficient (Wildman–Crippen LogP) is 10.8. The molecule has 1 nitrogen and oxygen atoms in total. The van der Waals surface area contributed by atoms with E-state index in [2.05, 4.69) is 140 Å². The van der Waals surface area contributed by atoms with Crippen LogP contribution in [-0.4, -0.2) is 4.98 Å². The molecule has 8 aromatic carbocycles. The first-order valence-electron chi connectivity index (χ1n) is 13.8. The molecule has 0 bridgehead atoms. The molecule has 1 aromatic heterocycles. The van der Waals surface area contributed by atoms with E-state index in [4.69, 9.17) is 4.98 Å². The van der Waals surface area contributed by atoms with Crippen molar-refractivity contribution in [2.75, 3.05) is 0 Å². The van der Waals surface area contributed by atoms with Crippen molar-refractivity contribution >= 4 is 64.8 Å². The third-order valence-corrected chi connectivity index (χ3v) is 8.59. The van der Waals surface area contributed by atoms with Gasteiger partial charge in [0.15, 0.2) is 0 Å². The summed E-state index contributed by atoms with van der Waals surface area (Å²) in [4.78, 5) is 5.19. The average molecular weight is 506 g/mol. The monoisotopic (exact) mass is 505 g/mol. The number of fused-ring (bicyclic) bond motifs is 5. The molecule has 0 unspecified atom stereocenters. The maximum Gasteiger partial charge on any atom is 0.0788 e. The van der Waals surface area contributed by atoms with Gasteiger partial charge in [0.1, 0.15) is 0 Å². The Balaban J connectivity index is 1.26. The van der Waals surface area contributed by atoms with Gasteiger partial charge >= 0.3 is 0 Å². The van der Waals surface area contributed by atoms with Crippen LogP contribution in [0.5, 0.6) is 0 Å². The summed E-state index contributed by atoms with van der Waals surface area (Å²) in [7, 11) is 0. The number of aromatic nitrogens is 1. The van der Waals surface area contributed by atoms with Crippen molar-refractivity contribution < 1.29 is 0 Å². The van der Waals surface area contributed by atoms with E-state index in [-0.39, 0.29) is 0 Å².